The average Bonchev–Trinajstić information content (AvgIpc) is 3.13. The lowest BCUT2D eigenvalue weighted by Crippen LogP contribution is -2.42. The quantitative estimate of drug-likeness (QED) is 0.833. The first-order valence-electron chi connectivity index (χ1n) is 7.98. The number of nitrogens with two attached hydrogens (primary N) is 1. The van der Waals surface area contributed by atoms with Crippen LogP contribution >= 0.6 is 0 Å². The first-order valence-corrected chi connectivity index (χ1v) is 7.98. The first kappa shape index (κ1) is 15.5. The van der Waals surface area contributed by atoms with E-state index in [1.807, 2.05) is 6.07 Å². The highest BCUT2D eigenvalue weighted by atomic mass is 16.3. The lowest BCUT2D eigenvalue weighted by Gasteiger charge is -2.32. The van der Waals surface area contributed by atoms with Crippen LogP contribution in [-0.4, -0.2) is 48.1 Å². The Hall–Kier alpha value is -0.840. The molecular weight excluding hydrogens is 250 g/mol. The average molecular weight is 279 g/mol. The Bertz CT molecular complexity index is 375. The van der Waals surface area contributed by atoms with Crippen molar-refractivity contribution < 1.29 is 4.42 Å². The van der Waals surface area contributed by atoms with E-state index >= 15 is 0 Å². The summed E-state index contributed by atoms with van der Waals surface area (Å²) in [5.41, 5.74) is 6.36. The Morgan fingerprint density at radius 2 is 2.15 bits per heavy atom. The van der Waals surface area contributed by atoms with Crippen molar-refractivity contribution in [3.8, 4) is 0 Å². The van der Waals surface area contributed by atoms with Crippen molar-refractivity contribution in [2.75, 3.05) is 26.2 Å². The van der Waals surface area contributed by atoms with Crippen molar-refractivity contribution in [3.05, 3.63) is 24.2 Å². The Balaban J connectivity index is 2.08. The molecule has 1 fully saturated rings. The van der Waals surface area contributed by atoms with Gasteiger partial charge in [-0.1, -0.05) is 20.8 Å². The molecule has 1 aromatic heterocycles. The van der Waals surface area contributed by atoms with Gasteiger partial charge >= 0.3 is 0 Å². The van der Waals surface area contributed by atoms with Crippen molar-refractivity contribution in [1.29, 1.82) is 0 Å². The zero-order chi connectivity index (χ0) is 14.5. The minimum absolute atomic E-state index is 0.136. The molecule has 1 saturated heterocycles. The number of likely N-dealkylation sites (tertiary alicyclic amines) is 1. The monoisotopic (exact) mass is 279 g/mol. The molecule has 2 rings (SSSR count). The Morgan fingerprint density at radius 1 is 1.40 bits per heavy atom. The summed E-state index contributed by atoms with van der Waals surface area (Å²) in [6.45, 7) is 11.1. The van der Waals surface area contributed by atoms with Gasteiger partial charge in [0.05, 0.1) is 12.3 Å². The topological polar surface area (TPSA) is 45.6 Å². The second-order valence-electron chi connectivity index (χ2n) is 5.69. The maximum absolute atomic E-state index is 6.36. The largest absolute Gasteiger partial charge is 0.468 e. The van der Waals surface area contributed by atoms with Crippen molar-refractivity contribution >= 4 is 0 Å². The fraction of sp³-hybridized carbons (Fsp3) is 0.750. The molecular formula is C16H29N3O. The zero-order valence-corrected chi connectivity index (χ0v) is 13.1. The third-order valence-corrected chi connectivity index (χ3v) is 4.63. The summed E-state index contributed by atoms with van der Waals surface area (Å²) in [7, 11) is 0. The first-order chi connectivity index (χ1) is 9.71. The molecule has 4 heteroatoms. The van der Waals surface area contributed by atoms with Crippen LogP contribution in [0.2, 0.25) is 0 Å². The van der Waals surface area contributed by atoms with Crippen molar-refractivity contribution in [2.45, 2.75) is 51.7 Å². The van der Waals surface area contributed by atoms with Crippen LogP contribution in [0.15, 0.2) is 22.8 Å². The van der Waals surface area contributed by atoms with E-state index in [2.05, 4.69) is 36.6 Å². The van der Waals surface area contributed by atoms with Gasteiger partial charge in [0.25, 0.3) is 0 Å². The Kier molecular flexibility index (Phi) is 5.64. The zero-order valence-electron chi connectivity index (χ0n) is 13.1. The highest BCUT2D eigenvalue weighted by Crippen LogP contribution is 2.30. The summed E-state index contributed by atoms with van der Waals surface area (Å²) in [5, 5.41) is 0. The number of hydrogen-bond acceptors (Lipinski definition) is 4. The molecule has 2 N–H and O–H groups in total. The molecule has 3 unspecified atom stereocenters. The molecule has 0 saturated carbocycles. The lowest BCUT2D eigenvalue weighted by molar-refractivity contribution is 0.156. The van der Waals surface area contributed by atoms with Crippen LogP contribution in [0.25, 0.3) is 0 Å². The van der Waals surface area contributed by atoms with Crippen LogP contribution in [-0.2, 0) is 0 Å². The van der Waals surface area contributed by atoms with Crippen molar-refractivity contribution in [3.63, 3.8) is 0 Å². The molecule has 1 aromatic rings. The summed E-state index contributed by atoms with van der Waals surface area (Å²) in [4.78, 5) is 5.06. The summed E-state index contributed by atoms with van der Waals surface area (Å²) < 4.78 is 5.64. The second kappa shape index (κ2) is 7.25. The van der Waals surface area contributed by atoms with Crippen molar-refractivity contribution in [1.82, 2.24) is 9.80 Å². The molecule has 20 heavy (non-hydrogen) atoms. The minimum atomic E-state index is 0.136. The molecule has 2 heterocycles. The molecule has 0 spiro atoms. The summed E-state index contributed by atoms with van der Waals surface area (Å²) in [5.74, 6) is 1.01. The van der Waals surface area contributed by atoms with Gasteiger partial charge in [0, 0.05) is 25.2 Å². The van der Waals surface area contributed by atoms with Crippen LogP contribution in [0.4, 0.5) is 0 Å². The standard InChI is InChI=1S/C16H29N3O/c1-4-14(17)16(15-8-7-11-20-15)19-10-9-13(12-19)18(5-2)6-3/h7-8,11,13-14,16H,4-6,9-10,12,17H2,1-3H3. The molecule has 114 valence electrons. The van der Waals surface area contributed by atoms with Crippen molar-refractivity contribution in [2.24, 2.45) is 5.73 Å². The second-order valence-corrected chi connectivity index (χ2v) is 5.69. The summed E-state index contributed by atoms with van der Waals surface area (Å²) in [6.07, 6.45) is 3.95. The Morgan fingerprint density at radius 3 is 2.70 bits per heavy atom. The van der Waals surface area contributed by atoms with E-state index in [4.69, 9.17) is 10.2 Å². The van der Waals surface area contributed by atoms with Gasteiger partial charge in [-0.2, -0.15) is 0 Å². The number of likely N-dealkylation sites (N-methyl/N-ethyl adjacent to an activating group) is 1. The third-order valence-electron chi connectivity index (χ3n) is 4.63. The van der Waals surface area contributed by atoms with E-state index in [0.29, 0.717) is 6.04 Å². The predicted molar refractivity (Wildman–Crippen MR) is 82.6 cm³/mol. The highest BCUT2D eigenvalue weighted by molar-refractivity contribution is 5.09. The molecule has 0 bridgehead atoms. The van der Waals surface area contributed by atoms with Gasteiger partial charge in [-0.25, -0.2) is 0 Å². The molecule has 0 radical (unpaired) electrons. The maximum Gasteiger partial charge on any atom is 0.122 e. The van der Waals surface area contributed by atoms with Crippen LogP contribution < -0.4 is 5.73 Å². The van der Waals surface area contributed by atoms with Gasteiger partial charge < -0.3 is 10.2 Å². The highest BCUT2D eigenvalue weighted by Gasteiger charge is 2.35. The fourth-order valence-corrected chi connectivity index (χ4v) is 3.40. The number of furan rings is 1. The van der Waals surface area contributed by atoms with E-state index in [1.54, 1.807) is 6.26 Å². The molecule has 3 atom stereocenters. The maximum atomic E-state index is 6.36. The third kappa shape index (κ3) is 3.25. The number of nitrogens with zero attached hydrogens (tertiary/aromatic N) is 2. The molecule has 1 aliphatic rings. The smallest absolute Gasteiger partial charge is 0.122 e. The van der Waals surface area contributed by atoms with Gasteiger partial charge in [-0.3, -0.25) is 9.80 Å². The van der Waals surface area contributed by atoms with Crippen LogP contribution in [0, 0.1) is 0 Å². The molecule has 1 aliphatic heterocycles. The van der Waals surface area contributed by atoms with E-state index in [1.165, 1.54) is 6.42 Å². The van der Waals surface area contributed by atoms with Crippen LogP contribution in [0.5, 0.6) is 0 Å². The fourth-order valence-electron chi connectivity index (χ4n) is 3.40. The molecule has 0 amide bonds. The Labute approximate surface area is 122 Å². The summed E-state index contributed by atoms with van der Waals surface area (Å²) >= 11 is 0. The molecule has 0 aliphatic carbocycles. The van der Waals surface area contributed by atoms with E-state index in [-0.39, 0.29) is 12.1 Å². The van der Waals surface area contributed by atoms with Gasteiger partial charge in [-0.05, 0) is 38.1 Å². The predicted octanol–water partition coefficient (Wildman–Crippen LogP) is 2.47. The van der Waals surface area contributed by atoms with Gasteiger partial charge in [0.2, 0.25) is 0 Å². The minimum Gasteiger partial charge on any atom is -0.468 e. The van der Waals surface area contributed by atoms with Gasteiger partial charge in [0.15, 0.2) is 0 Å². The summed E-state index contributed by atoms with van der Waals surface area (Å²) in [6, 6.07) is 5.03. The van der Waals surface area contributed by atoms with Crippen LogP contribution in [0.1, 0.15) is 45.4 Å². The molecule has 4 nitrogen and oxygen atoms in total. The normalized spacial score (nSPS) is 23.4. The number of hydrogen-bond donors (Lipinski definition) is 1. The van der Waals surface area contributed by atoms with Crippen LogP contribution in [0.3, 0.4) is 0 Å². The SMILES string of the molecule is CCC(N)C(c1ccco1)N1CCC(N(CC)CC)C1. The lowest BCUT2D eigenvalue weighted by atomic mass is 10.0. The van der Waals surface area contributed by atoms with E-state index < -0.39 is 0 Å². The van der Waals surface area contributed by atoms with E-state index in [0.717, 1.165) is 38.4 Å². The van der Waals surface area contributed by atoms with Gasteiger partial charge in [-0.15, -0.1) is 0 Å². The van der Waals surface area contributed by atoms with Gasteiger partial charge in [0.1, 0.15) is 5.76 Å². The number of rotatable bonds is 7. The molecule has 0 aromatic carbocycles. The van der Waals surface area contributed by atoms with E-state index in [9.17, 15) is 0 Å².